The standard InChI is InChI=1S/C7H15N7O/c1-8-7(4-15)11-13(2)5-14(7)6-3-9-12-10-6/h3,8,11,15H,4-5H2,1-2H3,(H,9,10,12). The molecule has 1 aromatic rings. The van der Waals surface area contributed by atoms with Crippen molar-refractivity contribution in [3.05, 3.63) is 6.20 Å². The van der Waals surface area contributed by atoms with Gasteiger partial charge in [-0.3, -0.25) is 5.32 Å². The number of hydrogen-bond acceptors (Lipinski definition) is 7. The third-order valence-corrected chi connectivity index (χ3v) is 2.51. The first-order valence-electron chi connectivity index (χ1n) is 4.64. The zero-order valence-electron chi connectivity index (χ0n) is 8.73. The molecule has 2 rings (SSSR count). The van der Waals surface area contributed by atoms with Crippen LogP contribution in [0.1, 0.15) is 0 Å². The Balaban J connectivity index is 2.29. The van der Waals surface area contributed by atoms with Crippen molar-refractivity contribution in [2.75, 3.05) is 32.3 Å². The van der Waals surface area contributed by atoms with Crippen LogP contribution in [0.5, 0.6) is 0 Å². The summed E-state index contributed by atoms with van der Waals surface area (Å²) >= 11 is 0. The molecule has 1 aromatic heterocycles. The highest BCUT2D eigenvalue weighted by Crippen LogP contribution is 2.21. The van der Waals surface area contributed by atoms with Gasteiger partial charge in [-0.2, -0.15) is 10.3 Å². The topological polar surface area (TPSA) is 92.3 Å². The van der Waals surface area contributed by atoms with Crippen LogP contribution in [0.25, 0.3) is 0 Å². The van der Waals surface area contributed by atoms with Crippen molar-refractivity contribution in [3.8, 4) is 0 Å². The van der Waals surface area contributed by atoms with Gasteiger partial charge in [0.2, 0.25) is 0 Å². The van der Waals surface area contributed by atoms with Crippen LogP contribution in [-0.2, 0) is 0 Å². The Bertz CT molecular complexity index is 309. The van der Waals surface area contributed by atoms with E-state index in [0.29, 0.717) is 12.5 Å². The van der Waals surface area contributed by atoms with Crippen LogP contribution in [0.3, 0.4) is 0 Å². The number of hydrazine groups is 1. The molecule has 0 saturated carbocycles. The van der Waals surface area contributed by atoms with Gasteiger partial charge in [0.05, 0.1) is 19.5 Å². The van der Waals surface area contributed by atoms with Gasteiger partial charge in [-0.15, -0.1) is 5.10 Å². The molecule has 84 valence electrons. The van der Waals surface area contributed by atoms with Gasteiger partial charge in [0.15, 0.2) is 11.6 Å². The largest absolute Gasteiger partial charge is 0.391 e. The second-order valence-corrected chi connectivity index (χ2v) is 3.48. The highest BCUT2D eigenvalue weighted by molar-refractivity contribution is 5.39. The van der Waals surface area contributed by atoms with Gasteiger partial charge in [0.1, 0.15) is 0 Å². The summed E-state index contributed by atoms with van der Waals surface area (Å²) in [6.45, 7) is 0.522. The summed E-state index contributed by atoms with van der Waals surface area (Å²) in [5.74, 6) is -0.0405. The maximum absolute atomic E-state index is 9.45. The van der Waals surface area contributed by atoms with Crippen molar-refractivity contribution in [2.24, 2.45) is 0 Å². The van der Waals surface area contributed by atoms with Gasteiger partial charge < -0.3 is 10.0 Å². The second-order valence-electron chi connectivity index (χ2n) is 3.48. The van der Waals surface area contributed by atoms with Crippen molar-refractivity contribution < 1.29 is 5.11 Å². The maximum Gasteiger partial charge on any atom is 0.185 e. The zero-order valence-corrected chi connectivity index (χ0v) is 8.73. The Labute approximate surface area is 87.2 Å². The SMILES string of the molecule is CNC1(CO)NN(C)CN1c1cn[nH]n1. The number of aliphatic hydroxyl groups excluding tert-OH is 1. The summed E-state index contributed by atoms with van der Waals surface area (Å²) in [4.78, 5) is 1.89. The highest BCUT2D eigenvalue weighted by Gasteiger charge is 2.43. The average Bonchev–Trinajstić information content (AvgIpc) is 2.84. The van der Waals surface area contributed by atoms with Gasteiger partial charge in [-0.1, -0.05) is 0 Å². The fourth-order valence-electron chi connectivity index (χ4n) is 1.73. The highest BCUT2D eigenvalue weighted by atomic mass is 16.3. The Morgan fingerprint density at radius 1 is 1.73 bits per heavy atom. The van der Waals surface area contributed by atoms with Crippen LogP contribution in [0, 0.1) is 0 Å². The lowest BCUT2D eigenvalue weighted by Crippen LogP contribution is -2.64. The predicted octanol–water partition coefficient (Wildman–Crippen LogP) is -2.12. The minimum Gasteiger partial charge on any atom is -0.391 e. The molecule has 8 nitrogen and oxygen atoms in total. The number of H-pyrrole nitrogens is 1. The Morgan fingerprint density at radius 2 is 2.53 bits per heavy atom. The normalized spacial score (nSPS) is 27.5. The molecule has 1 atom stereocenters. The fourth-order valence-corrected chi connectivity index (χ4v) is 1.73. The van der Waals surface area contributed by atoms with E-state index in [2.05, 4.69) is 26.2 Å². The molecule has 0 aliphatic carbocycles. The van der Waals surface area contributed by atoms with Gasteiger partial charge in [0.25, 0.3) is 0 Å². The summed E-state index contributed by atoms with van der Waals surface area (Å²) in [5.41, 5.74) is 3.12. The number of hydrogen-bond donors (Lipinski definition) is 4. The third-order valence-electron chi connectivity index (χ3n) is 2.51. The van der Waals surface area contributed by atoms with Gasteiger partial charge in [-0.25, -0.2) is 10.4 Å². The van der Waals surface area contributed by atoms with Crippen molar-refractivity contribution >= 4 is 5.82 Å². The molecule has 2 heterocycles. The summed E-state index contributed by atoms with van der Waals surface area (Å²) in [7, 11) is 3.66. The molecule has 0 bridgehead atoms. The molecule has 8 heteroatoms. The van der Waals surface area contributed by atoms with E-state index in [1.165, 1.54) is 0 Å². The summed E-state index contributed by atoms with van der Waals surface area (Å²) < 4.78 is 0. The van der Waals surface area contributed by atoms with Crippen molar-refractivity contribution in [3.63, 3.8) is 0 Å². The van der Waals surface area contributed by atoms with E-state index in [-0.39, 0.29) is 6.61 Å². The lowest BCUT2D eigenvalue weighted by atomic mass is 10.3. The quantitative estimate of drug-likeness (QED) is 0.456. The number of aromatic amines is 1. The molecule has 1 fully saturated rings. The molecule has 1 saturated heterocycles. The summed E-state index contributed by atoms with van der Waals surface area (Å²) in [6, 6.07) is 0. The number of nitrogens with one attached hydrogen (secondary N) is 3. The molecule has 0 aromatic carbocycles. The number of nitrogens with zero attached hydrogens (tertiary/aromatic N) is 4. The van der Waals surface area contributed by atoms with Gasteiger partial charge in [0, 0.05) is 7.05 Å². The Kier molecular flexibility index (Phi) is 2.57. The van der Waals surface area contributed by atoms with Crippen LogP contribution in [0.2, 0.25) is 0 Å². The van der Waals surface area contributed by atoms with E-state index in [4.69, 9.17) is 0 Å². The van der Waals surface area contributed by atoms with Gasteiger partial charge in [-0.05, 0) is 7.05 Å². The van der Waals surface area contributed by atoms with E-state index < -0.39 is 5.79 Å². The van der Waals surface area contributed by atoms with Crippen LogP contribution >= 0.6 is 0 Å². The van der Waals surface area contributed by atoms with E-state index in [1.54, 1.807) is 13.2 Å². The smallest absolute Gasteiger partial charge is 0.185 e. The monoisotopic (exact) mass is 213 g/mol. The number of aliphatic hydroxyl groups is 1. The van der Waals surface area contributed by atoms with Crippen LogP contribution in [0.15, 0.2) is 6.20 Å². The number of likely N-dealkylation sites (N-methyl/N-ethyl adjacent to an activating group) is 1. The number of anilines is 1. The third kappa shape index (κ3) is 1.57. The molecule has 0 radical (unpaired) electrons. The molecule has 1 aliphatic heterocycles. The van der Waals surface area contributed by atoms with Crippen molar-refractivity contribution in [1.82, 2.24) is 31.2 Å². The minimum atomic E-state index is -0.717. The molecular formula is C7H15N7O. The van der Waals surface area contributed by atoms with Crippen LogP contribution in [0.4, 0.5) is 5.82 Å². The Morgan fingerprint density at radius 3 is 3.07 bits per heavy atom. The molecule has 0 amide bonds. The van der Waals surface area contributed by atoms with Crippen molar-refractivity contribution in [1.29, 1.82) is 0 Å². The lowest BCUT2D eigenvalue weighted by molar-refractivity contribution is 0.118. The van der Waals surface area contributed by atoms with E-state index in [1.807, 2.05) is 17.0 Å². The average molecular weight is 213 g/mol. The first-order chi connectivity index (χ1) is 7.22. The van der Waals surface area contributed by atoms with Crippen LogP contribution in [-0.4, -0.2) is 58.7 Å². The fraction of sp³-hybridized carbons (Fsp3) is 0.714. The summed E-state index contributed by atoms with van der Waals surface area (Å²) in [6.07, 6.45) is 1.61. The molecule has 0 spiro atoms. The van der Waals surface area contributed by atoms with E-state index >= 15 is 0 Å². The minimum absolute atomic E-state index is 0.0826. The zero-order chi connectivity index (χ0) is 10.9. The molecule has 15 heavy (non-hydrogen) atoms. The van der Waals surface area contributed by atoms with E-state index in [9.17, 15) is 5.11 Å². The number of rotatable bonds is 3. The molecular weight excluding hydrogens is 198 g/mol. The first kappa shape index (κ1) is 10.3. The molecule has 1 unspecified atom stereocenters. The predicted molar refractivity (Wildman–Crippen MR) is 53.5 cm³/mol. The Hall–Kier alpha value is -1.22. The number of aromatic nitrogens is 3. The van der Waals surface area contributed by atoms with Gasteiger partial charge >= 0.3 is 0 Å². The van der Waals surface area contributed by atoms with Crippen molar-refractivity contribution in [2.45, 2.75) is 5.79 Å². The van der Waals surface area contributed by atoms with E-state index in [0.717, 1.165) is 0 Å². The molecule has 4 N–H and O–H groups in total. The first-order valence-corrected chi connectivity index (χ1v) is 4.64. The second kappa shape index (κ2) is 3.74. The molecule has 1 aliphatic rings. The summed E-state index contributed by atoms with van der Waals surface area (Å²) in [5, 5.41) is 24.7. The van der Waals surface area contributed by atoms with Crippen LogP contribution < -0.4 is 15.6 Å². The lowest BCUT2D eigenvalue weighted by Gasteiger charge is -2.34. The maximum atomic E-state index is 9.45.